The van der Waals surface area contributed by atoms with E-state index in [0.717, 1.165) is 23.1 Å². The molecule has 0 aliphatic heterocycles. The largest absolute Gasteiger partial charge is 0.192 e. The number of hydrogen-bond acceptors (Lipinski definition) is 1. The third-order valence-electron chi connectivity index (χ3n) is 1.56. The smallest absolute Gasteiger partial charge is 0.0991 e. The molecule has 0 heterocycles. The lowest BCUT2D eigenvalue weighted by molar-refractivity contribution is 1.12. The van der Waals surface area contributed by atoms with Crippen LogP contribution >= 0.6 is 0 Å². The second kappa shape index (κ2) is 2.53. The van der Waals surface area contributed by atoms with Crippen LogP contribution in [0.5, 0.6) is 0 Å². The van der Waals surface area contributed by atoms with Crippen molar-refractivity contribution in [3.63, 3.8) is 0 Å². The Morgan fingerprint density at radius 1 is 1.60 bits per heavy atom. The summed E-state index contributed by atoms with van der Waals surface area (Å²) in [6.07, 6.45) is 4.56. The third-order valence-corrected chi connectivity index (χ3v) is 1.56. The van der Waals surface area contributed by atoms with Crippen molar-refractivity contribution >= 4 is 0 Å². The van der Waals surface area contributed by atoms with Crippen molar-refractivity contribution in [2.75, 3.05) is 0 Å². The summed E-state index contributed by atoms with van der Waals surface area (Å²) in [6, 6.07) is 2.13. The molecule has 50 valence electrons. The number of hydrogen-bond donors (Lipinski definition) is 0. The summed E-state index contributed by atoms with van der Waals surface area (Å²) in [5.74, 6) is 0. The first-order valence-electron chi connectivity index (χ1n) is 3.19. The molecule has 0 unspecified atom stereocenters. The van der Waals surface area contributed by atoms with E-state index >= 15 is 0 Å². The van der Waals surface area contributed by atoms with E-state index in [0.29, 0.717) is 0 Å². The lowest BCUT2D eigenvalue weighted by Crippen LogP contribution is -1.90. The standard InChI is InChI=1S/C9H9N/c1-7-3-4-9(6-10)8(2)5-7/h3-4H,1,5H2,2H3. The number of nitrogens with zero attached hydrogens (tertiary/aromatic N) is 1. The van der Waals surface area contributed by atoms with Gasteiger partial charge >= 0.3 is 0 Å². The van der Waals surface area contributed by atoms with Crippen LogP contribution in [0.15, 0.2) is 35.5 Å². The van der Waals surface area contributed by atoms with Gasteiger partial charge in [0.2, 0.25) is 0 Å². The Balaban J connectivity index is 2.96. The van der Waals surface area contributed by atoms with E-state index in [4.69, 9.17) is 5.26 Å². The zero-order valence-electron chi connectivity index (χ0n) is 6.02. The van der Waals surface area contributed by atoms with E-state index in [1.54, 1.807) is 0 Å². The molecule has 1 aliphatic carbocycles. The summed E-state index contributed by atoms with van der Waals surface area (Å²) in [7, 11) is 0. The molecule has 0 bridgehead atoms. The van der Waals surface area contributed by atoms with Gasteiger partial charge in [0.05, 0.1) is 11.6 Å². The van der Waals surface area contributed by atoms with Crippen molar-refractivity contribution < 1.29 is 0 Å². The fraction of sp³-hybridized carbons (Fsp3) is 0.222. The minimum atomic E-state index is 0.785. The van der Waals surface area contributed by atoms with Crippen molar-refractivity contribution in [1.82, 2.24) is 0 Å². The van der Waals surface area contributed by atoms with Gasteiger partial charge < -0.3 is 0 Å². The molecule has 0 aromatic carbocycles. The third kappa shape index (κ3) is 1.16. The van der Waals surface area contributed by atoms with Crippen LogP contribution in [0.4, 0.5) is 0 Å². The first-order chi connectivity index (χ1) is 4.74. The van der Waals surface area contributed by atoms with Crippen LogP contribution in [0.25, 0.3) is 0 Å². The van der Waals surface area contributed by atoms with E-state index in [-0.39, 0.29) is 0 Å². The maximum atomic E-state index is 8.56. The van der Waals surface area contributed by atoms with E-state index < -0.39 is 0 Å². The van der Waals surface area contributed by atoms with Crippen molar-refractivity contribution in [2.45, 2.75) is 13.3 Å². The Labute approximate surface area is 61.0 Å². The minimum absolute atomic E-state index is 0.785. The topological polar surface area (TPSA) is 23.8 Å². The predicted molar refractivity (Wildman–Crippen MR) is 41.2 cm³/mol. The molecule has 1 nitrogen and oxygen atoms in total. The normalized spacial score (nSPS) is 17.4. The molecule has 10 heavy (non-hydrogen) atoms. The van der Waals surface area contributed by atoms with Crippen molar-refractivity contribution in [2.24, 2.45) is 0 Å². The van der Waals surface area contributed by atoms with Crippen molar-refractivity contribution in [3.05, 3.63) is 35.5 Å². The summed E-state index contributed by atoms with van der Waals surface area (Å²) < 4.78 is 0. The summed E-state index contributed by atoms with van der Waals surface area (Å²) >= 11 is 0. The number of rotatable bonds is 0. The van der Waals surface area contributed by atoms with Gasteiger partial charge in [-0.15, -0.1) is 0 Å². The minimum Gasteiger partial charge on any atom is -0.192 e. The lowest BCUT2D eigenvalue weighted by atomic mass is 9.97. The van der Waals surface area contributed by atoms with Crippen LogP contribution in [-0.4, -0.2) is 0 Å². The number of allylic oxidation sites excluding steroid dienone is 5. The highest BCUT2D eigenvalue weighted by molar-refractivity contribution is 5.45. The van der Waals surface area contributed by atoms with Crippen molar-refractivity contribution in [1.29, 1.82) is 5.26 Å². The van der Waals surface area contributed by atoms with Crippen LogP contribution in [0.2, 0.25) is 0 Å². The van der Waals surface area contributed by atoms with Gasteiger partial charge in [0.25, 0.3) is 0 Å². The molecule has 0 fully saturated rings. The average molecular weight is 131 g/mol. The van der Waals surface area contributed by atoms with Crippen LogP contribution in [0.3, 0.4) is 0 Å². The van der Waals surface area contributed by atoms with Crippen LogP contribution in [0.1, 0.15) is 13.3 Å². The first kappa shape index (κ1) is 6.82. The lowest BCUT2D eigenvalue weighted by Gasteiger charge is -2.07. The molecular weight excluding hydrogens is 122 g/mol. The molecule has 0 atom stereocenters. The van der Waals surface area contributed by atoms with Crippen LogP contribution in [0, 0.1) is 11.3 Å². The van der Waals surface area contributed by atoms with Crippen molar-refractivity contribution in [3.8, 4) is 6.07 Å². The molecule has 0 aromatic heterocycles. The molecule has 0 aromatic rings. The van der Waals surface area contributed by atoms with Gasteiger partial charge in [-0.3, -0.25) is 0 Å². The van der Waals surface area contributed by atoms with Crippen LogP contribution < -0.4 is 0 Å². The predicted octanol–water partition coefficient (Wildman–Crippen LogP) is 2.34. The molecule has 1 aliphatic rings. The molecule has 0 saturated heterocycles. The summed E-state index contributed by atoms with van der Waals surface area (Å²) in [4.78, 5) is 0. The Morgan fingerprint density at radius 2 is 2.30 bits per heavy atom. The fourth-order valence-electron chi connectivity index (χ4n) is 0.971. The summed E-state index contributed by atoms with van der Waals surface area (Å²) in [6.45, 7) is 5.77. The highest BCUT2D eigenvalue weighted by atomic mass is 14.2. The molecule has 1 heteroatoms. The highest BCUT2D eigenvalue weighted by Gasteiger charge is 2.03. The molecule has 0 radical (unpaired) electrons. The maximum absolute atomic E-state index is 8.56. The average Bonchev–Trinajstić information content (AvgIpc) is 1.88. The Hall–Kier alpha value is -1.29. The zero-order chi connectivity index (χ0) is 7.56. The Kier molecular flexibility index (Phi) is 1.73. The van der Waals surface area contributed by atoms with Gasteiger partial charge in [0.15, 0.2) is 0 Å². The van der Waals surface area contributed by atoms with Gasteiger partial charge in [-0.25, -0.2) is 0 Å². The molecule has 0 saturated carbocycles. The Morgan fingerprint density at radius 3 is 2.80 bits per heavy atom. The monoisotopic (exact) mass is 131 g/mol. The maximum Gasteiger partial charge on any atom is 0.0991 e. The van der Waals surface area contributed by atoms with E-state index in [1.807, 2.05) is 19.1 Å². The second-order valence-electron chi connectivity index (χ2n) is 2.47. The zero-order valence-corrected chi connectivity index (χ0v) is 6.02. The molecular formula is C9H9N. The SMILES string of the molecule is C=C1C=CC(C#N)=C(C)C1. The van der Waals surface area contributed by atoms with Gasteiger partial charge in [0, 0.05) is 0 Å². The first-order valence-corrected chi connectivity index (χ1v) is 3.19. The van der Waals surface area contributed by atoms with Gasteiger partial charge in [-0.05, 0) is 19.4 Å². The van der Waals surface area contributed by atoms with Gasteiger partial charge in [0.1, 0.15) is 0 Å². The summed E-state index contributed by atoms with van der Waals surface area (Å²) in [5.41, 5.74) is 2.99. The van der Waals surface area contributed by atoms with E-state index in [1.165, 1.54) is 0 Å². The second-order valence-corrected chi connectivity index (χ2v) is 2.47. The summed E-state index contributed by atoms with van der Waals surface area (Å²) in [5, 5.41) is 8.56. The van der Waals surface area contributed by atoms with Crippen LogP contribution in [-0.2, 0) is 0 Å². The number of nitriles is 1. The van der Waals surface area contributed by atoms with Gasteiger partial charge in [-0.2, -0.15) is 5.26 Å². The molecule has 1 rings (SSSR count). The highest BCUT2D eigenvalue weighted by Crippen LogP contribution is 2.20. The molecule has 0 spiro atoms. The van der Waals surface area contributed by atoms with E-state index in [2.05, 4.69) is 12.6 Å². The fourth-order valence-corrected chi connectivity index (χ4v) is 0.971. The molecule has 0 N–H and O–H groups in total. The van der Waals surface area contributed by atoms with Gasteiger partial charge in [-0.1, -0.05) is 23.8 Å². The quantitative estimate of drug-likeness (QED) is 0.495. The van der Waals surface area contributed by atoms with E-state index in [9.17, 15) is 0 Å². The Bertz CT molecular complexity index is 261. The molecule has 0 amide bonds.